The lowest BCUT2D eigenvalue weighted by molar-refractivity contribution is -0.275. The van der Waals surface area contributed by atoms with Gasteiger partial charge < -0.3 is 9.47 Å². The highest BCUT2D eigenvalue weighted by molar-refractivity contribution is 5.89. The van der Waals surface area contributed by atoms with Crippen molar-refractivity contribution >= 4 is 11.9 Å². The third kappa shape index (κ3) is 0.590. The summed E-state index contributed by atoms with van der Waals surface area (Å²) in [4.78, 5) is 24.2. The molecule has 7 rings (SSSR count). The molecule has 7 aliphatic rings. The number of hydrogen-bond donors (Lipinski definition) is 0. The first kappa shape index (κ1) is 10.2. The van der Waals surface area contributed by atoms with Gasteiger partial charge in [0.15, 0.2) is 0 Å². The molecule has 102 valence electrons. The Balaban J connectivity index is 1.66. The van der Waals surface area contributed by atoms with E-state index < -0.39 is 23.1 Å². The molecule has 5 saturated carbocycles. The van der Waals surface area contributed by atoms with Crippen molar-refractivity contribution in [2.45, 2.75) is 24.5 Å². The summed E-state index contributed by atoms with van der Waals surface area (Å²) in [5, 5.41) is 9.71. The molecular weight excluding hydrogens is 258 g/mol. The van der Waals surface area contributed by atoms with Crippen LogP contribution < -0.4 is 0 Å². The summed E-state index contributed by atoms with van der Waals surface area (Å²) in [6.07, 6.45) is 1.10. The first-order valence-corrected chi connectivity index (χ1v) is 7.42. The maximum absolute atomic E-state index is 12.6. The second-order valence-electron chi connectivity index (χ2n) is 7.50. The van der Waals surface area contributed by atoms with E-state index in [0.717, 1.165) is 6.42 Å². The number of hydrogen-bond acceptors (Lipinski definition) is 5. The van der Waals surface area contributed by atoms with Gasteiger partial charge in [0, 0.05) is 30.6 Å². The van der Waals surface area contributed by atoms with Crippen molar-refractivity contribution in [1.29, 1.82) is 5.26 Å². The van der Waals surface area contributed by atoms with Gasteiger partial charge in [0.1, 0.15) is 6.07 Å². The van der Waals surface area contributed by atoms with Crippen LogP contribution in [-0.4, -0.2) is 23.1 Å². The largest absolute Gasteiger partial charge is 0.447 e. The first-order valence-electron chi connectivity index (χ1n) is 7.42. The SMILES string of the molecule is CC(=O)O[C@@]12C(=O)O[C@@]3(C#N)[C@@H]4[C@H]5C[C@@H]([C@@H]6[C@@H]5[C@@H]3[C@@H]61)[C@H]42. The highest BCUT2D eigenvalue weighted by atomic mass is 16.6. The minimum atomic E-state index is -1.04. The topological polar surface area (TPSA) is 76.4 Å². The summed E-state index contributed by atoms with van der Waals surface area (Å²) in [5.74, 6) is 1.50. The zero-order valence-electron chi connectivity index (χ0n) is 10.9. The second-order valence-corrected chi connectivity index (χ2v) is 7.50. The predicted octanol–water partition coefficient (Wildman–Crippen LogP) is 0.495. The molecule has 5 heteroatoms. The quantitative estimate of drug-likeness (QED) is 0.649. The Morgan fingerprint density at radius 2 is 2.00 bits per heavy atom. The molecule has 0 aromatic carbocycles. The standard InChI is InChI=1S/C15H13NO4/c1-4(17)19-15-10-6-2-5-7-8(6)12(15)11(7)14(3-16,9(5)10)20-13(15)18/h5-12H,2H2,1H3/t5-,6-,7+,8+,9+,10+,11+,12+,14-,15+/m0/s1. The van der Waals surface area contributed by atoms with Crippen molar-refractivity contribution in [3.8, 4) is 6.07 Å². The molecule has 2 aliphatic heterocycles. The van der Waals surface area contributed by atoms with Crippen LogP contribution in [0.1, 0.15) is 13.3 Å². The molecule has 0 aromatic heterocycles. The van der Waals surface area contributed by atoms with E-state index in [9.17, 15) is 14.9 Å². The average molecular weight is 271 g/mol. The number of carbonyl (C=O) groups is 2. The number of nitriles is 1. The highest BCUT2D eigenvalue weighted by Crippen LogP contribution is 2.90. The number of esters is 2. The zero-order chi connectivity index (χ0) is 13.6. The molecule has 0 radical (unpaired) electrons. The lowest BCUT2D eigenvalue weighted by atomic mass is 9.50. The number of carbonyl (C=O) groups excluding carboxylic acids is 2. The summed E-state index contributed by atoms with van der Waals surface area (Å²) in [6, 6.07) is 2.36. The number of ether oxygens (including phenoxy) is 2. The maximum Gasteiger partial charge on any atom is 0.352 e. The molecular formula is C15H13NO4. The van der Waals surface area contributed by atoms with E-state index >= 15 is 0 Å². The number of rotatable bonds is 1. The van der Waals surface area contributed by atoms with Crippen LogP contribution in [-0.2, 0) is 19.1 Å². The van der Waals surface area contributed by atoms with Crippen LogP contribution in [0.15, 0.2) is 0 Å². The van der Waals surface area contributed by atoms with Gasteiger partial charge in [0.25, 0.3) is 0 Å². The highest BCUT2D eigenvalue weighted by Gasteiger charge is 2.97. The van der Waals surface area contributed by atoms with Crippen molar-refractivity contribution in [3.63, 3.8) is 0 Å². The molecule has 2 heterocycles. The molecule has 5 aliphatic carbocycles. The molecule has 20 heavy (non-hydrogen) atoms. The average Bonchev–Trinajstić information content (AvgIpc) is 2.89. The summed E-state index contributed by atoms with van der Waals surface area (Å²) < 4.78 is 11.3. The molecule has 0 amide bonds. The van der Waals surface area contributed by atoms with E-state index in [4.69, 9.17) is 9.47 Å². The lowest BCUT2D eigenvalue weighted by Gasteiger charge is -2.60. The third-order valence-electron chi connectivity index (χ3n) is 7.55. The van der Waals surface area contributed by atoms with Crippen molar-refractivity contribution in [1.82, 2.24) is 0 Å². The fraction of sp³-hybridized carbons (Fsp3) is 0.800. The van der Waals surface area contributed by atoms with Crippen LogP contribution in [0.3, 0.4) is 0 Å². The van der Waals surface area contributed by atoms with E-state index in [1.807, 2.05) is 0 Å². The van der Waals surface area contributed by atoms with Gasteiger partial charge in [-0.3, -0.25) is 4.79 Å². The van der Waals surface area contributed by atoms with Crippen molar-refractivity contribution in [2.24, 2.45) is 47.3 Å². The zero-order valence-corrected chi connectivity index (χ0v) is 10.9. The van der Waals surface area contributed by atoms with Gasteiger partial charge in [-0.1, -0.05) is 0 Å². The Morgan fingerprint density at radius 3 is 2.70 bits per heavy atom. The molecule has 7 fully saturated rings. The van der Waals surface area contributed by atoms with Gasteiger partial charge in [0.05, 0.1) is 0 Å². The van der Waals surface area contributed by atoms with Gasteiger partial charge in [0.2, 0.25) is 11.2 Å². The fourth-order valence-electron chi connectivity index (χ4n) is 7.80. The van der Waals surface area contributed by atoms with E-state index in [-0.39, 0.29) is 23.7 Å². The van der Waals surface area contributed by atoms with Gasteiger partial charge in [-0.2, -0.15) is 5.26 Å². The second kappa shape index (κ2) is 2.38. The molecule has 5 nitrogen and oxygen atoms in total. The number of fused-ring (bicyclic) bond motifs is 1. The van der Waals surface area contributed by atoms with Gasteiger partial charge in [-0.25, -0.2) is 4.79 Å². The van der Waals surface area contributed by atoms with Gasteiger partial charge in [-0.15, -0.1) is 0 Å². The summed E-state index contributed by atoms with van der Waals surface area (Å²) in [6.45, 7) is 1.36. The van der Waals surface area contributed by atoms with Gasteiger partial charge >= 0.3 is 11.9 Å². The van der Waals surface area contributed by atoms with Crippen LogP contribution in [0.2, 0.25) is 0 Å². The molecule has 0 unspecified atom stereocenters. The van der Waals surface area contributed by atoms with Gasteiger partial charge in [-0.05, 0) is 30.1 Å². The molecule has 0 spiro atoms. The minimum Gasteiger partial charge on any atom is -0.447 e. The predicted molar refractivity (Wildman–Crippen MR) is 61.5 cm³/mol. The van der Waals surface area contributed by atoms with Crippen LogP contribution in [0.4, 0.5) is 0 Å². The monoisotopic (exact) mass is 271 g/mol. The fourth-order valence-corrected chi connectivity index (χ4v) is 7.80. The van der Waals surface area contributed by atoms with Crippen molar-refractivity contribution in [2.75, 3.05) is 0 Å². The Bertz CT molecular complexity index is 667. The van der Waals surface area contributed by atoms with E-state index in [2.05, 4.69) is 6.07 Å². The molecule has 0 N–H and O–H groups in total. The van der Waals surface area contributed by atoms with Crippen LogP contribution in [0.25, 0.3) is 0 Å². The maximum atomic E-state index is 12.6. The van der Waals surface area contributed by atoms with E-state index in [1.54, 1.807) is 0 Å². The van der Waals surface area contributed by atoms with Crippen LogP contribution in [0.5, 0.6) is 0 Å². The van der Waals surface area contributed by atoms with E-state index in [0.29, 0.717) is 23.7 Å². The Morgan fingerprint density at radius 1 is 1.30 bits per heavy atom. The minimum absolute atomic E-state index is 0.0438. The Hall–Kier alpha value is -1.57. The molecule has 10 atom stereocenters. The first-order chi connectivity index (χ1) is 9.58. The molecule has 0 aromatic rings. The van der Waals surface area contributed by atoms with Crippen LogP contribution in [0, 0.1) is 58.7 Å². The smallest absolute Gasteiger partial charge is 0.352 e. The van der Waals surface area contributed by atoms with E-state index in [1.165, 1.54) is 6.92 Å². The Kier molecular flexibility index (Phi) is 1.22. The normalized spacial score (nSPS) is 68.1. The Labute approximate surface area is 115 Å². The molecule has 4 bridgehead atoms. The van der Waals surface area contributed by atoms with Crippen LogP contribution >= 0.6 is 0 Å². The summed E-state index contributed by atoms with van der Waals surface area (Å²) >= 11 is 0. The lowest BCUT2D eigenvalue weighted by Crippen LogP contribution is -2.74. The van der Waals surface area contributed by atoms with Crippen molar-refractivity contribution < 1.29 is 19.1 Å². The molecule has 2 saturated heterocycles. The van der Waals surface area contributed by atoms with Crippen molar-refractivity contribution in [3.05, 3.63) is 0 Å². The summed E-state index contributed by atoms with van der Waals surface area (Å²) in [7, 11) is 0. The third-order valence-corrected chi connectivity index (χ3v) is 7.55. The summed E-state index contributed by atoms with van der Waals surface area (Å²) in [5.41, 5.74) is -1.94. The number of nitrogens with zero attached hydrogens (tertiary/aromatic N) is 1.